The maximum atomic E-state index is 6.08. The van der Waals surface area contributed by atoms with Crippen LogP contribution in [-0.2, 0) is 19.4 Å². The second-order valence-electron chi connectivity index (χ2n) is 9.54. The van der Waals surface area contributed by atoms with Gasteiger partial charge in [-0.25, -0.2) is 14.5 Å². The predicted octanol–water partition coefficient (Wildman–Crippen LogP) is 5.69. The SMILES string of the molecule is Cc1cccc(C)c1OCc1nc2c3c4c(sc3ncn2n1)C[C@@H](C(C)(C)C)CC4. The van der Waals surface area contributed by atoms with Crippen molar-refractivity contribution in [2.75, 3.05) is 0 Å². The average Bonchev–Trinajstić information content (AvgIpc) is 3.26. The second-order valence-corrected chi connectivity index (χ2v) is 10.6. The fraction of sp³-hybridized carbons (Fsp3) is 0.458. The van der Waals surface area contributed by atoms with Gasteiger partial charge in [-0.05, 0) is 61.1 Å². The number of hydrogen-bond acceptors (Lipinski definition) is 5. The third-order valence-corrected chi connectivity index (χ3v) is 7.57. The molecule has 3 heterocycles. The van der Waals surface area contributed by atoms with Crippen LogP contribution in [0, 0.1) is 25.2 Å². The van der Waals surface area contributed by atoms with E-state index in [0.717, 1.165) is 40.2 Å². The van der Waals surface area contributed by atoms with E-state index in [0.29, 0.717) is 23.8 Å². The summed E-state index contributed by atoms with van der Waals surface area (Å²) in [4.78, 5) is 12.1. The lowest BCUT2D eigenvalue weighted by molar-refractivity contribution is 0.218. The molecule has 1 atom stereocenters. The van der Waals surface area contributed by atoms with Crippen molar-refractivity contribution in [1.82, 2.24) is 19.6 Å². The van der Waals surface area contributed by atoms with Gasteiger partial charge in [-0.15, -0.1) is 16.4 Å². The van der Waals surface area contributed by atoms with E-state index in [4.69, 9.17) is 14.7 Å². The zero-order chi connectivity index (χ0) is 21.0. The Balaban J connectivity index is 1.49. The molecule has 30 heavy (non-hydrogen) atoms. The number of aromatic nitrogens is 4. The molecule has 0 bridgehead atoms. The van der Waals surface area contributed by atoms with Crippen LogP contribution in [0.4, 0.5) is 0 Å². The molecule has 0 N–H and O–H groups in total. The van der Waals surface area contributed by atoms with Crippen molar-refractivity contribution in [1.29, 1.82) is 0 Å². The lowest BCUT2D eigenvalue weighted by Gasteiger charge is -2.33. The van der Waals surface area contributed by atoms with Crippen molar-refractivity contribution in [3.8, 4) is 5.75 Å². The maximum Gasteiger partial charge on any atom is 0.189 e. The first kappa shape index (κ1) is 19.5. The highest BCUT2D eigenvalue weighted by molar-refractivity contribution is 7.19. The molecule has 0 radical (unpaired) electrons. The molecule has 0 spiro atoms. The first-order valence-corrected chi connectivity index (χ1v) is 11.5. The lowest BCUT2D eigenvalue weighted by atomic mass is 9.72. The summed E-state index contributed by atoms with van der Waals surface area (Å²) in [6.07, 6.45) is 5.25. The van der Waals surface area contributed by atoms with Crippen LogP contribution < -0.4 is 4.74 Å². The molecule has 4 aromatic rings. The van der Waals surface area contributed by atoms with E-state index in [2.05, 4.69) is 51.9 Å². The molecule has 0 saturated carbocycles. The molecule has 0 saturated heterocycles. The predicted molar refractivity (Wildman–Crippen MR) is 121 cm³/mol. The van der Waals surface area contributed by atoms with Crippen LogP contribution >= 0.6 is 11.3 Å². The first-order chi connectivity index (χ1) is 14.3. The number of ether oxygens (including phenoxy) is 1. The zero-order valence-electron chi connectivity index (χ0n) is 18.3. The van der Waals surface area contributed by atoms with E-state index in [1.54, 1.807) is 6.33 Å². The number of rotatable bonds is 3. The molecule has 5 nitrogen and oxygen atoms in total. The van der Waals surface area contributed by atoms with Crippen LogP contribution in [0.1, 0.15) is 54.6 Å². The molecule has 1 aliphatic rings. The Morgan fingerprint density at radius 1 is 1.20 bits per heavy atom. The average molecular weight is 421 g/mol. The zero-order valence-corrected chi connectivity index (χ0v) is 19.1. The Kier molecular flexibility index (Phi) is 4.58. The Labute approximate surface area is 181 Å². The van der Waals surface area contributed by atoms with E-state index in [1.807, 2.05) is 21.9 Å². The largest absolute Gasteiger partial charge is 0.485 e. The molecule has 1 aromatic carbocycles. The highest BCUT2D eigenvalue weighted by Crippen LogP contribution is 2.43. The summed E-state index contributed by atoms with van der Waals surface area (Å²) >= 11 is 1.83. The first-order valence-electron chi connectivity index (χ1n) is 10.6. The van der Waals surface area contributed by atoms with Gasteiger partial charge in [0.25, 0.3) is 0 Å². The van der Waals surface area contributed by atoms with Gasteiger partial charge in [-0.1, -0.05) is 39.0 Å². The van der Waals surface area contributed by atoms with Gasteiger partial charge in [0.1, 0.15) is 23.5 Å². The quantitative estimate of drug-likeness (QED) is 0.427. The van der Waals surface area contributed by atoms with Crippen LogP contribution in [0.25, 0.3) is 15.9 Å². The summed E-state index contributed by atoms with van der Waals surface area (Å²) in [5, 5.41) is 5.83. The summed E-state index contributed by atoms with van der Waals surface area (Å²) < 4.78 is 7.90. The van der Waals surface area contributed by atoms with Crippen LogP contribution in [0.15, 0.2) is 24.5 Å². The van der Waals surface area contributed by atoms with Crippen LogP contribution in [-0.4, -0.2) is 19.6 Å². The number of benzene rings is 1. The van der Waals surface area contributed by atoms with E-state index in [-0.39, 0.29) is 0 Å². The van der Waals surface area contributed by atoms with E-state index in [1.165, 1.54) is 22.2 Å². The Morgan fingerprint density at radius 3 is 2.70 bits per heavy atom. The molecule has 0 amide bonds. The lowest BCUT2D eigenvalue weighted by Crippen LogP contribution is -2.26. The topological polar surface area (TPSA) is 52.3 Å². The summed E-state index contributed by atoms with van der Waals surface area (Å²) in [6.45, 7) is 11.5. The standard InChI is InChI=1S/C24H28N4OS/c1-14-7-6-8-15(2)21(14)29-12-19-26-22-20-17-10-9-16(24(3,4)5)11-18(17)30-23(20)25-13-28(22)27-19/h6-8,13,16H,9-12H2,1-5H3/t16-/m0/s1. The van der Waals surface area contributed by atoms with Crippen molar-refractivity contribution in [3.05, 3.63) is 51.9 Å². The van der Waals surface area contributed by atoms with Gasteiger partial charge in [0, 0.05) is 4.88 Å². The minimum absolute atomic E-state index is 0.337. The van der Waals surface area contributed by atoms with Gasteiger partial charge < -0.3 is 4.74 Å². The van der Waals surface area contributed by atoms with Gasteiger partial charge in [0.05, 0.1) is 5.39 Å². The van der Waals surface area contributed by atoms with Gasteiger partial charge in [-0.2, -0.15) is 0 Å². The number of nitrogens with zero attached hydrogens (tertiary/aromatic N) is 4. The third kappa shape index (κ3) is 3.27. The Morgan fingerprint density at radius 2 is 1.97 bits per heavy atom. The summed E-state index contributed by atoms with van der Waals surface area (Å²) in [5.41, 5.74) is 4.94. The Hall–Kier alpha value is -2.47. The summed E-state index contributed by atoms with van der Waals surface area (Å²) in [6, 6.07) is 6.18. The fourth-order valence-corrected chi connectivity index (χ4v) is 5.84. The second kappa shape index (κ2) is 7.05. The van der Waals surface area contributed by atoms with Crippen LogP contribution in [0.5, 0.6) is 5.75 Å². The molecule has 0 unspecified atom stereocenters. The highest BCUT2D eigenvalue weighted by Gasteiger charge is 2.31. The maximum absolute atomic E-state index is 6.08. The smallest absolute Gasteiger partial charge is 0.189 e. The van der Waals surface area contributed by atoms with E-state index >= 15 is 0 Å². The third-order valence-electron chi connectivity index (χ3n) is 6.41. The number of aryl methyl sites for hydroxylation is 3. The molecular formula is C24H28N4OS. The molecule has 0 fully saturated rings. The summed E-state index contributed by atoms with van der Waals surface area (Å²) in [7, 11) is 0. The van der Waals surface area contributed by atoms with E-state index < -0.39 is 0 Å². The molecule has 0 aliphatic heterocycles. The van der Waals surface area contributed by atoms with Crippen molar-refractivity contribution in [2.45, 2.75) is 60.5 Å². The number of fused-ring (bicyclic) bond motifs is 5. The number of thiophene rings is 1. The minimum atomic E-state index is 0.337. The molecule has 5 rings (SSSR count). The van der Waals surface area contributed by atoms with Gasteiger partial charge >= 0.3 is 0 Å². The molecular weight excluding hydrogens is 392 g/mol. The normalized spacial score (nSPS) is 16.9. The van der Waals surface area contributed by atoms with Crippen molar-refractivity contribution < 1.29 is 4.74 Å². The van der Waals surface area contributed by atoms with Crippen molar-refractivity contribution in [3.63, 3.8) is 0 Å². The van der Waals surface area contributed by atoms with Crippen LogP contribution in [0.3, 0.4) is 0 Å². The molecule has 3 aromatic heterocycles. The minimum Gasteiger partial charge on any atom is -0.485 e. The Bertz CT molecular complexity index is 1230. The van der Waals surface area contributed by atoms with Crippen molar-refractivity contribution in [2.24, 2.45) is 11.3 Å². The number of para-hydroxylation sites is 1. The molecule has 1 aliphatic carbocycles. The van der Waals surface area contributed by atoms with Gasteiger partial charge in [0.15, 0.2) is 11.5 Å². The summed E-state index contributed by atoms with van der Waals surface area (Å²) in [5.74, 6) is 2.32. The van der Waals surface area contributed by atoms with Crippen molar-refractivity contribution >= 4 is 27.2 Å². The molecule has 6 heteroatoms. The molecule has 156 valence electrons. The van der Waals surface area contributed by atoms with E-state index in [9.17, 15) is 0 Å². The monoisotopic (exact) mass is 420 g/mol. The van der Waals surface area contributed by atoms with Gasteiger partial charge in [-0.3, -0.25) is 0 Å². The van der Waals surface area contributed by atoms with Gasteiger partial charge in [0.2, 0.25) is 0 Å². The number of hydrogen-bond donors (Lipinski definition) is 0. The fourth-order valence-electron chi connectivity index (χ4n) is 4.58. The highest BCUT2D eigenvalue weighted by atomic mass is 32.1. The van der Waals surface area contributed by atoms with Crippen LogP contribution in [0.2, 0.25) is 0 Å².